The summed E-state index contributed by atoms with van der Waals surface area (Å²) < 4.78 is 34.0. The van der Waals surface area contributed by atoms with Gasteiger partial charge in [0.05, 0.1) is 12.0 Å². The average Bonchev–Trinajstić information content (AvgIpc) is 2.53. The zero-order valence-corrected chi connectivity index (χ0v) is 15.7. The Kier molecular flexibility index (Phi) is 5.84. The van der Waals surface area contributed by atoms with Crippen LogP contribution in [0.1, 0.15) is 30.5 Å². The lowest BCUT2D eigenvalue weighted by Crippen LogP contribution is -2.28. The van der Waals surface area contributed by atoms with Crippen LogP contribution in [0.3, 0.4) is 0 Å². The first-order valence-electron chi connectivity index (χ1n) is 7.30. The van der Waals surface area contributed by atoms with Crippen LogP contribution in [0.5, 0.6) is 5.75 Å². The monoisotopic (exact) mass is 397 g/mol. The predicted octanol–water partition coefficient (Wildman–Crippen LogP) is 4.20. The molecule has 0 saturated heterocycles. The van der Waals surface area contributed by atoms with Gasteiger partial charge in [0.1, 0.15) is 5.75 Å². The molecule has 124 valence electrons. The number of rotatable bonds is 6. The maximum Gasteiger partial charge on any atom is 0.241 e. The minimum absolute atomic E-state index is 0.254. The number of nitrogens with one attached hydrogen (secondary N) is 1. The smallest absolute Gasteiger partial charge is 0.241 e. The first-order chi connectivity index (χ1) is 10.9. The Morgan fingerprint density at radius 2 is 1.83 bits per heavy atom. The summed E-state index contributed by atoms with van der Waals surface area (Å²) in [6, 6.07) is 12.0. The van der Waals surface area contributed by atoms with E-state index in [-0.39, 0.29) is 10.9 Å². The summed E-state index contributed by atoms with van der Waals surface area (Å²) >= 11 is 3.31. The maximum absolute atomic E-state index is 12.5. The van der Waals surface area contributed by atoms with Crippen molar-refractivity contribution in [3.05, 3.63) is 58.1 Å². The Balaban J connectivity index is 2.28. The molecule has 0 fully saturated rings. The van der Waals surface area contributed by atoms with Crippen molar-refractivity contribution in [1.29, 1.82) is 0 Å². The number of halogens is 1. The highest BCUT2D eigenvalue weighted by Crippen LogP contribution is 2.26. The molecule has 0 bridgehead atoms. The fraction of sp³-hybridized carbons (Fsp3) is 0.294. The normalized spacial score (nSPS) is 12.9. The molecule has 6 heteroatoms. The minimum atomic E-state index is -3.57. The van der Waals surface area contributed by atoms with Crippen molar-refractivity contribution in [1.82, 2.24) is 4.72 Å². The molecule has 23 heavy (non-hydrogen) atoms. The van der Waals surface area contributed by atoms with Crippen LogP contribution in [0.2, 0.25) is 0 Å². The number of ether oxygens (including phenoxy) is 1. The molecule has 0 saturated carbocycles. The second-order valence-corrected chi connectivity index (χ2v) is 7.89. The van der Waals surface area contributed by atoms with Crippen LogP contribution in [0.25, 0.3) is 0 Å². The first-order valence-corrected chi connectivity index (χ1v) is 9.57. The average molecular weight is 398 g/mol. The second-order valence-electron chi connectivity index (χ2n) is 5.27. The van der Waals surface area contributed by atoms with E-state index < -0.39 is 10.0 Å². The molecule has 4 nitrogen and oxygen atoms in total. The van der Waals surface area contributed by atoms with Gasteiger partial charge in [-0.25, -0.2) is 13.1 Å². The SMILES string of the molecule is CC[C@@H](NS(=O)(=O)c1ccc(Br)cc1)c1ccc(OC)c(C)c1. The quantitative estimate of drug-likeness (QED) is 0.794. The highest BCUT2D eigenvalue weighted by atomic mass is 79.9. The molecule has 2 rings (SSSR count). The zero-order chi connectivity index (χ0) is 17.0. The van der Waals surface area contributed by atoms with E-state index in [9.17, 15) is 8.42 Å². The van der Waals surface area contributed by atoms with E-state index in [4.69, 9.17) is 4.74 Å². The van der Waals surface area contributed by atoms with Crippen LogP contribution in [-0.4, -0.2) is 15.5 Å². The van der Waals surface area contributed by atoms with E-state index in [1.54, 1.807) is 31.4 Å². The van der Waals surface area contributed by atoms with Gasteiger partial charge in [-0.05, 0) is 54.8 Å². The standard InChI is InChI=1S/C17H20BrNO3S/c1-4-16(13-5-10-17(22-3)12(2)11-13)19-23(20,21)15-8-6-14(18)7-9-15/h5-11,16,19H,4H2,1-3H3/t16-/m1/s1. The van der Waals surface area contributed by atoms with E-state index in [2.05, 4.69) is 20.7 Å². The third kappa shape index (κ3) is 4.34. The fourth-order valence-corrected chi connectivity index (χ4v) is 3.95. The molecule has 0 spiro atoms. The highest BCUT2D eigenvalue weighted by Gasteiger charge is 2.20. The lowest BCUT2D eigenvalue weighted by Gasteiger charge is -2.19. The third-order valence-electron chi connectivity index (χ3n) is 3.65. The predicted molar refractivity (Wildman–Crippen MR) is 95.2 cm³/mol. The molecule has 0 aliphatic heterocycles. The van der Waals surface area contributed by atoms with Crippen LogP contribution in [0, 0.1) is 6.92 Å². The number of hydrogen-bond acceptors (Lipinski definition) is 3. The van der Waals surface area contributed by atoms with Crippen molar-refractivity contribution in [2.75, 3.05) is 7.11 Å². The molecule has 1 atom stereocenters. The summed E-state index contributed by atoms with van der Waals surface area (Å²) in [4.78, 5) is 0.254. The van der Waals surface area contributed by atoms with Gasteiger partial charge in [-0.15, -0.1) is 0 Å². The molecule has 0 aromatic heterocycles. The minimum Gasteiger partial charge on any atom is -0.496 e. The molecule has 0 radical (unpaired) electrons. The Morgan fingerprint density at radius 1 is 1.17 bits per heavy atom. The molecular weight excluding hydrogens is 378 g/mol. The van der Waals surface area contributed by atoms with Gasteiger partial charge >= 0.3 is 0 Å². The highest BCUT2D eigenvalue weighted by molar-refractivity contribution is 9.10. The summed E-state index contributed by atoms with van der Waals surface area (Å²) in [7, 11) is -1.95. The molecule has 2 aromatic carbocycles. The number of aryl methyl sites for hydroxylation is 1. The molecule has 1 N–H and O–H groups in total. The van der Waals surface area contributed by atoms with Crippen molar-refractivity contribution in [2.45, 2.75) is 31.2 Å². The summed E-state index contributed by atoms with van der Waals surface area (Å²) in [5.41, 5.74) is 1.90. The Hall–Kier alpha value is -1.37. The van der Waals surface area contributed by atoms with Crippen LogP contribution in [-0.2, 0) is 10.0 Å². The number of hydrogen-bond donors (Lipinski definition) is 1. The zero-order valence-electron chi connectivity index (χ0n) is 13.3. The first kappa shape index (κ1) is 18.0. The molecule has 0 aliphatic rings. The van der Waals surface area contributed by atoms with Crippen LogP contribution < -0.4 is 9.46 Å². The lowest BCUT2D eigenvalue weighted by molar-refractivity contribution is 0.411. The Labute approximate surface area is 146 Å². The molecular formula is C17H20BrNO3S. The van der Waals surface area contributed by atoms with E-state index in [1.807, 2.05) is 32.0 Å². The van der Waals surface area contributed by atoms with Crippen molar-refractivity contribution >= 4 is 26.0 Å². The van der Waals surface area contributed by atoms with Gasteiger partial charge in [-0.1, -0.05) is 35.0 Å². The number of methoxy groups -OCH3 is 1. The van der Waals surface area contributed by atoms with Gasteiger partial charge in [0.2, 0.25) is 10.0 Å². The van der Waals surface area contributed by atoms with E-state index >= 15 is 0 Å². The van der Waals surface area contributed by atoms with Crippen molar-refractivity contribution in [3.8, 4) is 5.75 Å². The van der Waals surface area contributed by atoms with Gasteiger partial charge in [0.25, 0.3) is 0 Å². The lowest BCUT2D eigenvalue weighted by atomic mass is 10.0. The topological polar surface area (TPSA) is 55.4 Å². The van der Waals surface area contributed by atoms with Crippen molar-refractivity contribution in [3.63, 3.8) is 0 Å². The van der Waals surface area contributed by atoms with Gasteiger partial charge in [-0.3, -0.25) is 0 Å². The molecule has 0 unspecified atom stereocenters. The van der Waals surface area contributed by atoms with Gasteiger partial charge in [0, 0.05) is 10.5 Å². The van der Waals surface area contributed by atoms with Gasteiger partial charge < -0.3 is 4.74 Å². The van der Waals surface area contributed by atoms with Crippen molar-refractivity contribution < 1.29 is 13.2 Å². The molecule has 0 aliphatic carbocycles. The number of sulfonamides is 1. The van der Waals surface area contributed by atoms with Crippen LogP contribution in [0.15, 0.2) is 51.8 Å². The van der Waals surface area contributed by atoms with E-state index in [0.717, 1.165) is 21.3 Å². The molecule has 0 amide bonds. The molecule has 0 heterocycles. The van der Waals surface area contributed by atoms with Crippen LogP contribution >= 0.6 is 15.9 Å². The van der Waals surface area contributed by atoms with Crippen molar-refractivity contribution in [2.24, 2.45) is 0 Å². The second kappa shape index (κ2) is 7.47. The van der Waals surface area contributed by atoms with E-state index in [1.165, 1.54) is 0 Å². The van der Waals surface area contributed by atoms with Gasteiger partial charge in [-0.2, -0.15) is 0 Å². The summed E-state index contributed by atoms with van der Waals surface area (Å²) in [5, 5.41) is 0. The maximum atomic E-state index is 12.5. The summed E-state index contributed by atoms with van der Waals surface area (Å²) in [5.74, 6) is 0.791. The van der Waals surface area contributed by atoms with Crippen LogP contribution in [0.4, 0.5) is 0 Å². The Morgan fingerprint density at radius 3 is 2.35 bits per heavy atom. The largest absolute Gasteiger partial charge is 0.496 e. The van der Waals surface area contributed by atoms with Gasteiger partial charge in [0.15, 0.2) is 0 Å². The third-order valence-corrected chi connectivity index (χ3v) is 5.67. The Bertz CT molecular complexity index is 773. The summed E-state index contributed by atoms with van der Waals surface area (Å²) in [6.45, 7) is 3.90. The molecule has 2 aromatic rings. The fourth-order valence-electron chi connectivity index (χ4n) is 2.37. The number of benzene rings is 2. The summed E-state index contributed by atoms with van der Waals surface area (Å²) in [6.07, 6.45) is 0.654. The van der Waals surface area contributed by atoms with E-state index in [0.29, 0.717) is 6.42 Å².